The minimum atomic E-state index is -0.627. The smallest absolute Gasteiger partial charge is 0.348 e. The van der Waals surface area contributed by atoms with E-state index in [-0.39, 0.29) is 0 Å². The SMILES string of the molecule is COC(=O)c1ccc([N+]2(O)C=Nc3cccnc32)s1. The fourth-order valence-corrected chi connectivity index (χ4v) is 2.77. The summed E-state index contributed by atoms with van der Waals surface area (Å²) in [5, 5.41) is 11.2. The predicted octanol–water partition coefficient (Wildman–Crippen LogP) is 2.63. The molecule has 2 aromatic heterocycles. The van der Waals surface area contributed by atoms with Crippen LogP contribution in [0.1, 0.15) is 9.67 Å². The Bertz CT molecular complexity index is 682. The van der Waals surface area contributed by atoms with Crippen molar-refractivity contribution in [3.05, 3.63) is 35.3 Å². The molecule has 0 bridgehead atoms. The molecule has 0 spiro atoms. The number of rotatable bonds is 2. The lowest BCUT2D eigenvalue weighted by Gasteiger charge is -2.16. The number of carbonyl (C=O) groups is 1. The van der Waals surface area contributed by atoms with Crippen LogP contribution in [-0.4, -0.2) is 29.6 Å². The Morgan fingerprint density at radius 2 is 2.26 bits per heavy atom. The highest BCUT2D eigenvalue weighted by atomic mass is 32.1. The van der Waals surface area contributed by atoms with E-state index in [2.05, 4.69) is 14.7 Å². The number of fused-ring (bicyclic) bond motifs is 1. The van der Waals surface area contributed by atoms with Crippen LogP contribution in [0.2, 0.25) is 0 Å². The number of hydrogen-bond acceptors (Lipinski definition) is 6. The van der Waals surface area contributed by atoms with E-state index in [4.69, 9.17) is 0 Å². The zero-order valence-corrected chi connectivity index (χ0v) is 10.8. The van der Waals surface area contributed by atoms with Crippen molar-refractivity contribution < 1.29 is 14.7 Å². The maximum atomic E-state index is 11.4. The van der Waals surface area contributed by atoms with Crippen molar-refractivity contribution in [1.29, 1.82) is 0 Å². The summed E-state index contributed by atoms with van der Waals surface area (Å²) in [6.07, 6.45) is 2.97. The number of esters is 1. The van der Waals surface area contributed by atoms with E-state index in [1.807, 2.05) is 0 Å². The van der Waals surface area contributed by atoms with E-state index >= 15 is 0 Å². The quantitative estimate of drug-likeness (QED) is 0.676. The van der Waals surface area contributed by atoms with E-state index in [1.165, 1.54) is 13.4 Å². The third kappa shape index (κ3) is 1.75. The van der Waals surface area contributed by atoms with Gasteiger partial charge in [-0.3, -0.25) is 0 Å². The van der Waals surface area contributed by atoms with E-state index in [1.54, 1.807) is 30.5 Å². The molecular weight excluding hydrogens is 266 g/mol. The number of pyridine rings is 1. The van der Waals surface area contributed by atoms with Crippen LogP contribution in [-0.2, 0) is 4.74 Å². The van der Waals surface area contributed by atoms with Gasteiger partial charge in [0.25, 0.3) is 5.82 Å². The second kappa shape index (κ2) is 4.23. The monoisotopic (exact) mass is 276 g/mol. The number of methoxy groups -OCH3 is 1. The van der Waals surface area contributed by atoms with Crippen molar-refractivity contribution in [3.8, 4) is 0 Å². The number of carbonyl (C=O) groups excluding carboxylic acids is 1. The van der Waals surface area contributed by atoms with Gasteiger partial charge in [-0.1, -0.05) is 11.3 Å². The van der Waals surface area contributed by atoms with E-state index < -0.39 is 10.6 Å². The van der Waals surface area contributed by atoms with Crippen molar-refractivity contribution in [3.63, 3.8) is 0 Å². The van der Waals surface area contributed by atoms with Gasteiger partial charge in [0, 0.05) is 12.3 Å². The molecule has 0 saturated carbocycles. The van der Waals surface area contributed by atoms with Crippen molar-refractivity contribution >= 4 is 40.2 Å². The van der Waals surface area contributed by atoms with Gasteiger partial charge < -0.3 is 4.74 Å². The zero-order chi connectivity index (χ0) is 13.5. The molecule has 7 heteroatoms. The Kier molecular flexibility index (Phi) is 2.67. The van der Waals surface area contributed by atoms with E-state index in [0.717, 1.165) is 11.3 Å². The van der Waals surface area contributed by atoms with E-state index in [9.17, 15) is 10.0 Å². The third-order valence-electron chi connectivity index (χ3n) is 2.77. The first-order valence-electron chi connectivity index (χ1n) is 5.46. The minimum absolute atomic E-state index is 0.417. The van der Waals surface area contributed by atoms with E-state index in [0.29, 0.717) is 21.4 Å². The molecule has 3 rings (SSSR count). The zero-order valence-electron chi connectivity index (χ0n) is 9.98. The van der Waals surface area contributed by atoms with Crippen molar-refractivity contribution in [2.24, 2.45) is 4.99 Å². The number of hydrogen-bond donors (Lipinski definition) is 1. The lowest BCUT2D eigenvalue weighted by Crippen LogP contribution is -2.36. The molecule has 1 N–H and O–H groups in total. The average molecular weight is 276 g/mol. The molecule has 3 heterocycles. The molecule has 0 saturated heterocycles. The molecule has 0 aromatic carbocycles. The Balaban J connectivity index is 2.06. The van der Waals surface area contributed by atoms with Gasteiger partial charge >= 0.3 is 5.97 Å². The highest BCUT2D eigenvalue weighted by molar-refractivity contribution is 7.17. The van der Waals surface area contributed by atoms with Gasteiger partial charge in [0.05, 0.1) is 7.11 Å². The Morgan fingerprint density at radius 1 is 1.42 bits per heavy atom. The van der Waals surface area contributed by atoms with Crippen LogP contribution in [0.4, 0.5) is 16.5 Å². The van der Waals surface area contributed by atoms with Crippen LogP contribution in [0.3, 0.4) is 0 Å². The number of quaternary nitrogens is 1. The number of nitrogens with zero attached hydrogens (tertiary/aromatic N) is 3. The molecule has 1 aliphatic rings. The molecule has 0 radical (unpaired) electrons. The predicted molar refractivity (Wildman–Crippen MR) is 71.3 cm³/mol. The van der Waals surface area contributed by atoms with Gasteiger partial charge in [-0.2, -0.15) is 15.2 Å². The summed E-state index contributed by atoms with van der Waals surface area (Å²) in [4.78, 5) is 20.1. The molecule has 0 amide bonds. The first-order chi connectivity index (χ1) is 9.15. The normalized spacial score (nSPS) is 20.3. The summed E-state index contributed by atoms with van der Waals surface area (Å²) in [6, 6.07) is 6.79. The first-order valence-corrected chi connectivity index (χ1v) is 6.28. The maximum absolute atomic E-state index is 11.4. The maximum Gasteiger partial charge on any atom is 0.348 e. The van der Waals surface area contributed by atoms with Crippen LogP contribution >= 0.6 is 11.3 Å². The van der Waals surface area contributed by atoms with Crippen LogP contribution in [0.25, 0.3) is 0 Å². The second-order valence-corrected chi connectivity index (χ2v) is 4.97. The molecule has 19 heavy (non-hydrogen) atoms. The number of hydroxylamine groups is 1. The number of ether oxygens (including phenoxy) is 1. The molecule has 0 aliphatic carbocycles. The number of thiophene rings is 1. The minimum Gasteiger partial charge on any atom is -0.465 e. The van der Waals surface area contributed by atoms with Crippen LogP contribution < -0.4 is 4.65 Å². The molecular formula is C12H10N3O3S+. The topological polar surface area (TPSA) is 71.8 Å². The van der Waals surface area contributed by atoms with Crippen LogP contribution in [0.15, 0.2) is 35.5 Å². The van der Waals surface area contributed by atoms with Gasteiger partial charge in [-0.05, 0) is 22.8 Å². The van der Waals surface area contributed by atoms with Crippen molar-refractivity contribution in [2.45, 2.75) is 0 Å². The first kappa shape index (κ1) is 12.0. The fraction of sp³-hybridized carbons (Fsp3) is 0.0833. The lowest BCUT2D eigenvalue weighted by molar-refractivity contribution is 0.0606. The molecule has 1 aliphatic heterocycles. The highest BCUT2D eigenvalue weighted by Gasteiger charge is 2.41. The van der Waals surface area contributed by atoms with Gasteiger partial charge in [0.15, 0.2) is 5.69 Å². The van der Waals surface area contributed by atoms with Gasteiger partial charge in [0.2, 0.25) is 11.3 Å². The third-order valence-corrected chi connectivity index (χ3v) is 3.91. The number of aliphatic imine (C=N–C) groups is 1. The molecule has 0 fully saturated rings. The molecule has 1 unspecified atom stereocenters. The number of aromatic nitrogens is 1. The Morgan fingerprint density at radius 3 is 3.05 bits per heavy atom. The van der Waals surface area contributed by atoms with Crippen LogP contribution in [0, 0.1) is 0 Å². The summed E-state index contributed by atoms with van der Waals surface area (Å²) < 4.78 is 4.02. The molecule has 6 nitrogen and oxygen atoms in total. The largest absolute Gasteiger partial charge is 0.465 e. The standard InChI is InChI=1S/C12H10N3O3S/c1-18-12(16)9-4-5-10(19-9)15(17)7-14-8-3-2-6-13-11(8)15/h2-7,17H,1H3/q+1. The van der Waals surface area contributed by atoms with Crippen LogP contribution in [0.5, 0.6) is 0 Å². The summed E-state index contributed by atoms with van der Waals surface area (Å²) in [5.41, 5.74) is 0.609. The van der Waals surface area contributed by atoms with Gasteiger partial charge in [-0.25, -0.2) is 4.79 Å². The van der Waals surface area contributed by atoms with Crippen molar-refractivity contribution in [2.75, 3.05) is 7.11 Å². The summed E-state index contributed by atoms with van der Waals surface area (Å²) in [5.74, 6) is -0.0130. The molecule has 96 valence electrons. The average Bonchev–Trinajstić information content (AvgIpc) is 3.05. The molecule has 1 atom stereocenters. The van der Waals surface area contributed by atoms with Gasteiger partial charge in [0.1, 0.15) is 4.88 Å². The summed E-state index contributed by atoms with van der Waals surface area (Å²) in [7, 11) is 1.32. The second-order valence-electron chi connectivity index (χ2n) is 3.91. The molecule has 2 aromatic rings. The Hall–Kier alpha value is -2.09. The fourth-order valence-electron chi connectivity index (χ4n) is 1.83. The van der Waals surface area contributed by atoms with Crippen molar-refractivity contribution in [1.82, 2.24) is 9.63 Å². The lowest BCUT2D eigenvalue weighted by atomic mass is 10.4. The van der Waals surface area contributed by atoms with Gasteiger partial charge in [-0.15, -0.1) is 0 Å². The Labute approximate surface area is 112 Å². The summed E-state index contributed by atoms with van der Waals surface area (Å²) >= 11 is 1.14. The summed E-state index contributed by atoms with van der Waals surface area (Å²) in [6.45, 7) is 0. The highest BCUT2D eigenvalue weighted by Crippen LogP contribution is 2.43.